The monoisotopic (exact) mass is 728 g/mol. The summed E-state index contributed by atoms with van der Waals surface area (Å²) < 4.78 is 33.2. The molecular weight excluding hydrogens is 650 g/mol. The van der Waals surface area contributed by atoms with Gasteiger partial charge in [-0.25, -0.2) is 4.57 Å². The molecular formula is C39H77NaO8P. The summed E-state index contributed by atoms with van der Waals surface area (Å²) in [5.41, 5.74) is 0. The molecule has 0 aromatic rings. The average Bonchev–Trinajstić information content (AvgIpc) is 3.06. The third-order valence-electron chi connectivity index (χ3n) is 8.87. The van der Waals surface area contributed by atoms with Crippen molar-refractivity contribution in [2.45, 2.75) is 219 Å². The first-order valence-corrected chi connectivity index (χ1v) is 21.8. The number of carbonyl (C=O) groups excluding carboxylic acids is 2. The number of hydrogen-bond acceptors (Lipinski definition) is 7. The molecule has 8 nitrogen and oxygen atoms in total. The predicted molar refractivity (Wildman–Crippen MR) is 204 cm³/mol. The van der Waals surface area contributed by atoms with Crippen LogP contribution in [0.3, 0.4) is 0 Å². The van der Waals surface area contributed by atoms with Crippen molar-refractivity contribution in [2.75, 3.05) is 19.8 Å². The van der Waals surface area contributed by atoms with Crippen molar-refractivity contribution < 1.29 is 37.6 Å². The van der Waals surface area contributed by atoms with Crippen LogP contribution >= 0.6 is 7.82 Å². The Morgan fingerprint density at radius 3 is 1.22 bits per heavy atom. The van der Waals surface area contributed by atoms with Gasteiger partial charge in [-0.2, -0.15) is 0 Å². The number of ether oxygens (including phenoxy) is 2. The summed E-state index contributed by atoms with van der Waals surface area (Å²) in [7, 11) is -4.29. The maximum Gasteiger partial charge on any atom is 0.472 e. The topological polar surface area (TPSA) is 108 Å². The summed E-state index contributed by atoms with van der Waals surface area (Å²) >= 11 is 0. The fourth-order valence-electron chi connectivity index (χ4n) is 5.73. The Bertz CT molecular complexity index is 769. The Kier molecular flexibility index (Phi) is 41.0. The van der Waals surface area contributed by atoms with Crippen LogP contribution in [-0.2, 0) is 32.7 Å². The second-order valence-electron chi connectivity index (χ2n) is 13.7. The number of phosphoric acid groups is 1. The number of esters is 2. The molecule has 0 spiro atoms. The molecule has 1 radical (unpaired) electrons. The van der Waals surface area contributed by atoms with Crippen LogP contribution in [0, 0.1) is 0 Å². The molecule has 0 aromatic carbocycles. The zero-order valence-electron chi connectivity index (χ0n) is 32.7. The summed E-state index contributed by atoms with van der Waals surface area (Å²) in [6.45, 7) is 5.96. The maximum absolute atomic E-state index is 12.6. The molecule has 0 heterocycles. The number of phosphoric ester groups is 1. The fraction of sp³-hybridized carbons (Fsp3) is 0.949. The zero-order chi connectivity index (χ0) is 35.4. The van der Waals surface area contributed by atoms with Crippen LogP contribution in [-0.4, -0.2) is 72.3 Å². The van der Waals surface area contributed by atoms with Crippen LogP contribution in [0.15, 0.2) is 0 Å². The van der Waals surface area contributed by atoms with Gasteiger partial charge in [0.15, 0.2) is 6.10 Å². The van der Waals surface area contributed by atoms with Gasteiger partial charge in [0, 0.05) is 42.4 Å². The molecule has 0 aliphatic rings. The standard InChI is InChI=1S/C39H77O8P.Na/c1-4-7-10-12-14-16-18-20-22-24-26-28-30-32-38(40)44-35-37(36-46-48(42,43)45-34-9-6-3)47-39(41)33-31-29-27-25-23-21-19-17-15-13-11-8-5-2;/h37H,4-36H2,1-3H3,(H,42,43);/t37-;/m1./s1. The van der Waals surface area contributed by atoms with Crippen LogP contribution in [0.5, 0.6) is 0 Å². The predicted octanol–water partition coefficient (Wildman–Crippen LogP) is 12.0. The van der Waals surface area contributed by atoms with Crippen LogP contribution < -0.4 is 0 Å². The Morgan fingerprint density at radius 1 is 0.490 bits per heavy atom. The van der Waals surface area contributed by atoms with Crippen molar-refractivity contribution in [3.8, 4) is 0 Å². The summed E-state index contributed by atoms with van der Waals surface area (Å²) in [5.74, 6) is -0.777. The van der Waals surface area contributed by atoms with Gasteiger partial charge in [0.05, 0.1) is 13.2 Å². The first-order valence-electron chi connectivity index (χ1n) is 20.3. The van der Waals surface area contributed by atoms with E-state index < -0.39 is 19.9 Å². The van der Waals surface area contributed by atoms with Crippen molar-refractivity contribution in [3.63, 3.8) is 0 Å². The smallest absolute Gasteiger partial charge is 0.462 e. The third kappa shape index (κ3) is 39.1. The van der Waals surface area contributed by atoms with Crippen LogP contribution in [0.2, 0.25) is 0 Å². The van der Waals surface area contributed by atoms with E-state index in [9.17, 15) is 19.0 Å². The molecule has 0 fully saturated rings. The first-order chi connectivity index (χ1) is 23.3. The van der Waals surface area contributed by atoms with Gasteiger partial charge >= 0.3 is 19.8 Å². The van der Waals surface area contributed by atoms with Gasteiger partial charge in [-0.1, -0.05) is 181 Å². The van der Waals surface area contributed by atoms with Crippen molar-refractivity contribution in [2.24, 2.45) is 0 Å². The van der Waals surface area contributed by atoms with E-state index in [0.29, 0.717) is 12.8 Å². The molecule has 0 saturated heterocycles. The SMILES string of the molecule is CCCCCCCCCCCCCCCC(=O)OC[C@H](COP(=O)(O)OCCCC)OC(=O)CCCCCCCCCCCCCCC.[Na]. The van der Waals surface area contributed by atoms with Gasteiger partial charge in [-0.3, -0.25) is 18.6 Å². The maximum atomic E-state index is 12.6. The summed E-state index contributed by atoms with van der Waals surface area (Å²) in [5, 5.41) is 0. The van der Waals surface area contributed by atoms with Crippen molar-refractivity contribution in [1.82, 2.24) is 0 Å². The molecule has 10 heteroatoms. The molecule has 0 aromatic heterocycles. The van der Waals surface area contributed by atoms with Gasteiger partial charge in [0.1, 0.15) is 6.61 Å². The second-order valence-corrected chi connectivity index (χ2v) is 15.2. The van der Waals surface area contributed by atoms with E-state index in [2.05, 4.69) is 13.8 Å². The number of carbonyl (C=O) groups is 2. The van der Waals surface area contributed by atoms with Crippen molar-refractivity contribution in [1.29, 1.82) is 0 Å². The minimum Gasteiger partial charge on any atom is -0.462 e. The molecule has 0 aliphatic carbocycles. The Hall–Kier alpha value is 0.0500. The van der Waals surface area contributed by atoms with Gasteiger partial charge < -0.3 is 14.4 Å². The first kappa shape index (κ1) is 51.2. The van der Waals surface area contributed by atoms with E-state index in [1.165, 1.54) is 128 Å². The van der Waals surface area contributed by atoms with Gasteiger partial charge in [-0.15, -0.1) is 0 Å². The average molecular weight is 728 g/mol. The molecule has 0 bridgehead atoms. The number of rotatable bonds is 38. The van der Waals surface area contributed by atoms with E-state index in [1.54, 1.807) is 0 Å². The minimum atomic E-state index is -4.29. The number of hydrogen-bond donors (Lipinski definition) is 1. The normalized spacial score (nSPS) is 13.1. The van der Waals surface area contributed by atoms with Crippen LogP contribution in [0.4, 0.5) is 0 Å². The molecule has 2 atom stereocenters. The van der Waals surface area contributed by atoms with Crippen LogP contribution in [0.25, 0.3) is 0 Å². The van der Waals surface area contributed by atoms with Gasteiger partial charge in [0.2, 0.25) is 0 Å². The summed E-state index contributed by atoms with van der Waals surface area (Å²) in [4.78, 5) is 34.9. The third-order valence-corrected chi connectivity index (χ3v) is 9.86. The molecule has 0 aliphatic heterocycles. The fourth-order valence-corrected chi connectivity index (χ4v) is 6.52. The van der Waals surface area contributed by atoms with Crippen molar-refractivity contribution in [3.05, 3.63) is 0 Å². The van der Waals surface area contributed by atoms with E-state index >= 15 is 0 Å². The molecule has 1 N–H and O–H groups in total. The molecule has 49 heavy (non-hydrogen) atoms. The molecule has 0 rings (SSSR count). The minimum absolute atomic E-state index is 0. The summed E-state index contributed by atoms with van der Waals surface area (Å²) in [6.07, 6.45) is 32.9. The molecule has 1 unspecified atom stereocenters. The van der Waals surface area contributed by atoms with E-state index in [4.69, 9.17) is 18.5 Å². The molecule has 0 amide bonds. The van der Waals surface area contributed by atoms with E-state index in [-0.39, 0.29) is 61.8 Å². The van der Waals surface area contributed by atoms with E-state index in [1.807, 2.05) is 6.92 Å². The number of unbranched alkanes of at least 4 members (excludes halogenated alkanes) is 25. The Balaban J connectivity index is 0. The Morgan fingerprint density at radius 2 is 0.837 bits per heavy atom. The second kappa shape index (κ2) is 39.3. The molecule has 0 saturated carbocycles. The Labute approximate surface area is 324 Å². The largest absolute Gasteiger partial charge is 0.472 e. The van der Waals surface area contributed by atoms with Gasteiger partial charge in [0.25, 0.3) is 0 Å². The zero-order valence-corrected chi connectivity index (χ0v) is 35.6. The van der Waals surface area contributed by atoms with E-state index in [0.717, 1.165) is 44.9 Å². The van der Waals surface area contributed by atoms with Gasteiger partial charge in [-0.05, 0) is 19.3 Å². The molecule has 287 valence electrons. The van der Waals surface area contributed by atoms with Crippen LogP contribution in [0.1, 0.15) is 213 Å². The quantitative estimate of drug-likeness (QED) is 0.0290. The van der Waals surface area contributed by atoms with Crippen molar-refractivity contribution >= 4 is 49.3 Å². The summed E-state index contributed by atoms with van der Waals surface area (Å²) in [6, 6.07) is 0.